The van der Waals surface area contributed by atoms with Crippen molar-refractivity contribution >= 4 is 28.2 Å². The number of hydrogen-bond donors (Lipinski definition) is 1. The second-order valence-electron chi connectivity index (χ2n) is 7.87. The molecule has 1 atom stereocenters. The van der Waals surface area contributed by atoms with Gasteiger partial charge in [-0.15, -0.1) is 11.3 Å². The van der Waals surface area contributed by atoms with E-state index in [0.717, 1.165) is 39.3 Å². The summed E-state index contributed by atoms with van der Waals surface area (Å²) in [6, 6.07) is 12.8. The second kappa shape index (κ2) is 10.6. The zero-order valence-electron chi connectivity index (χ0n) is 19.5. The fourth-order valence-corrected chi connectivity index (χ4v) is 4.54. The van der Waals surface area contributed by atoms with Crippen LogP contribution in [-0.4, -0.2) is 41.0 Å². The third-order valence-electron chi connectivity index (χ3n) is 5.61. The molecule has 4 aromatic rings. The molecule has 0 fully saturated rings. The van der Waals surface area contributed by atoms with Crippen molar-refractivity contribution in [3.05, 3.63) is 59.7 Å². The van der Waals surface area contributed by atoms with Gasteiger partial charge in [0.2, 0.25) is 0 Å². The van der Waals surface area contributed by atoms with Gasteiger partial charge in [-0.1, -0.05) is 6.92 Å². The van der Waals surface area contributed by atoms with Gasteiger partial charge in [0.1, 0.15) is 16.8 Å². The maximum absolute atomic E-state index is 11.3. The maximum atomic E-state index is 11.3. The number of carboxylic acid groups (broad SMARTS) is 1. The van der Waals surface area contributed by atoms with E-state index in [1.54, 1.807) is 36.1 Å². The molecule has 0 aliphatic carbocycles. The molecule has 0 amide bonds. The molecule has 8 heteroatoms. The molecule has 0 bridgehead atoms. The lowest BCUT2D eigenvalue weighted by molar-refractivity contribution is -0.140. The van der Waals surface area contributed by atoms with Crippen LogP contribution in [0.15, 0.2) is 54.0 Å². The fourth-order valence-electron chi connectivity index (χ4n) is 3.64. The van der Waals surface area contributed by atoms with Gasteiger partial charge in [-0.2, -0.15) is 0 Å². The van der Waals surface area contributed by atoms with Crippen molar-refractivity contribution in [3.8, 4) is 27.8 Å². The summed E-state index contributed by atoms with van der Waals surface area (Å²) in [6.07, 6.45) is 3.41. The monoisotopic (exact) mass is 480 g/mol. The van der Waals surface area contributed by atoms with Gasteiger partial charge in [-0.3, -0.25) is 0 Å². The summed E-state index contributed by atoms with van der Waals surface area (Å²) in [5.41, 5.74) is 2.97. The molecule has 34 heavy (non-hydrogen) atoms. The van der Waals surface area contributed by atoms with Gasteiger partial charge in [0, 0.05) is 34.5 Å². The van der Waals surface area contributed by atoms with E-state index in [9.17, 15) is 9.90 Å². The van der Waals surface area contributed by atoms with Crippen molar-refractivity contribution in [2.45, 2.75) is 32.7 Å². The highest BCUT2D eigenvalue weighted by Gasteiger charge is 2.15. The van der Waals surface area contributed by atoms with Crippen LogP contribution >= 0.6 is 11.3 Å². The largest absolute Gasteiger partial charge is 0.493 e. The highest BCUT2D eigenvalue weighted by atomic mass is 32.1. The molecular weight excluding hydrogens is 452 g/mol. The number of aryl methyl sites for hydroxylation is 1. The number of thiazole rings is 1. The Labute approximate surface area is 202 Å². The zero-order chi connectivity index (χ0) is 24.1. The third-order valence-corrected chi connectivity index (χ3v) is 6.55. The molecule has 0 aliphatic rings. The molecule has 4 rings (SSSR count). The fraction of sp³-hybridized carbons (Fsp3) is 0.308. The molecule has 2 aromatic heterocycles. The summed E-state index contributed by atoms with van der Waals surface area (Å²) in [5.74, 6) is 1.24. The van der Waals surface area contributed by atoms with E-state index in [0.29, 0.717) is 31.1 Å². The molecular formula is C26H28N2O5S. The highest BCUT2D eigenvalue weighted by molar-refractivity contribution is 7.13. The molecule has 2 heterocycles. The molecule has 1 N–H and O–H groups in total. The summed E-state index contributed by atoms with van der Waals surface area (Å²) in [6.45, 7) is 4.74. The highest BCUT2D eigenvalue weighted by Crippen LogP contribution is 2.34. The first-order chi connectivity index (χ1) is 16.5. The predicted molar refractivity (Wildman–Crippen MR) is 133 cm³/mol. The van der Waals surface area contributed by atoms with Crippen LogP contribution in [-0.2, 0) is 11.2 Å². The summed E-state index contributed by atoms with van der Waals surface area (Å²) >= 11 is 1.63. The maximum Gasteiger partial charge on any atom is 0.326 e. The molecule has 0 aliphatic heterocycles. The number of carboxylic acids is 1. The van der Waals surface area contributed by atoms with E-state index in [4.69, 9.17) is 14.2 Å². The Bertz CT molecular complexity index is 1280. The van der Waals surface area contributed by atoms with E-state index in [1.807, 2.05) is 42.5 Å². The van der Waals surface area contributed by atoms with Gasteiger partial charge in [0.25, 0.3) is 0 Å². The number of hydrogen-bond acceptors (Lipinski definition) is 6. The van der Waals surface area contributed by atoms with Crippen LogP contribution in [0.25, 0.3) is 21.5 Å². The Hall–Kier alpha value is -3.52. The number of benzene rings is 2. The van der Waals surface area contributed by atoms with Gasteiger partial charge in [0.05, 0.1) is 26.0 Å². The Balaban J connectivity index is 1.30. The summed E-state index contributed by atoms with van der Waals surface area (Å²) in [4.78, 5) is 15.9. The summed E-state index contributed by atoms with van der Waals surface area (Å²) < 4.78 is 19.1. The number of aromatic nitrogens is 2. The van der Waals surface area contributed by atoms with Crippen molar-refractivity contribution < 1.29 is 24.1 Å². The molecule has 7 nitrogen and oxygen atoms in total. The first kappa shape index (κ1) is 23.6. The number of ether oxygens (including phenoxy) is 3. The van der Waals surface area contributed by atoms with Crippen molar-refractivity contribution in [3.63, 3.8) is 0 Å². The number of nitrogens with zero attached hydrogens (tertiary/aromatic N) is 2. The van der Waals surface area contributed by atoms with Crippen LogP contribution in [0, 0.1) is 0 Å². The Morgan fingerprint density at radius 2 is 1.94 bits per heavy atom. The van der Waals surface area contributed by atoms with Gasteiger partial charge < -0.3 is 23.9 Å². The molecule has 1 unspecified atom stereocenters. The Morgan fingerprint density at radius 3 is 2.68 bits per heavy atom. The quantitative estimate of drug-likeness (QED) is 0.272. The van der Waals surface area contributed by atoms with E-state index >= 15 is 0 Å². The summed E-state index contributed by atoms with van der Waals surface area (Å²) in [7, 11) is 1.63. The molecule has 2 aromatic carbocycles. The SMILES string of the molecule is CCc1csc(-c2ccc(OCCCOc3ccc4c(ccn4C(C)C(=O)O)c3)c(OC)c2)n1. The molecule has 0 radical (unpaired) electrons. The van der Waals surface area contributed by atoms with Crippen molar-refractivity contribution in [1.29, 1.82) is 0 Å². The van der Waals surface area contributed by atoms with Crippen LogP contribution in [0.1, 0.15) is 32.0 Å². The lowest BCUT2D eigenvalue weighted by Crippen LogP contribution is -2.14. The lowest BCUT2D eigenvalue weighted by Gasteiger charge is -2.13. The average molecular weight is 481 g/mol. The van der Waals surface area contributed by atoms with Crippen molar-refractivity contribution in [2.75, 3.05) is 20.3 Å². The number of aliphatic carboxylic acids is 1. The van der Waals surface area contributed by atoms with Crippen LogP contribution in [0.5, 0.6) is 17.2 Å². The van der Waals surface area contributed by atoms with Crippen molar-refractivity contribution in [2.24, 2.45) is 0 Å². The molecule has 0 saturated carbocycles. The van der Waals surface area contributed by atoms with Gasteiger partial charge >= 0.3 is 5.97 Å². The second-order valence-corrected chi connectivity index (χ2v) is 8.73. The number of methoxy groups -OCH3 is 1. The molecule has 0 spiro atoms. The first-order valence-electron chi connectivity index (χ1n) is 11.2. The first-order valence-corrected chi connectivity index (χ1v) is 12.1. The van der Waals surface area contributed by atoms with Crippen LogP contribution in [0.2, 0.25) is 0 Å². The van der Waals surface area contributed by atoms with Crippen LogP contribution in [0.4, 0.5) is 0 Å². The minimum Gasteiger partial charge on any atom is -0.493 e. The Morgan fingerprint density at radius 1 is 1.12 bits per heavy atom. The predicted octanol–water partition coefficient (Wildman–Crippen LogP) is 5.83. The minimum atomic E-state index is -0.863. The molecule has 178 valence electrons. The number of carbonyl (C=O) groups is 1. The van der Waals surface area contributed by atoms with E-state index < -0.39 is 12.0 Å². The Kier molecular flexibility index (Phi) is 7.37. The van der Waals surface area contributed by atoms with Crippen molar-refractivity contribution in [1.82, 2.24) is 9.55 Å². The third kappa shape index (κ3) is 5.17. The number of fused-ring (bicyclic) bond motifs is 1. The molecule has 0 saturated heterocycles. The average Bonchev–Trinajstić information content (AvgIpc) is 3.50. The van der Waals surface area contributed by atoms with Crippen LogP contribution in [0.3, 0.4) is 0 Å². The zero-order valence-corrected chi connectivity index (χ0v) is 20.3. The van der Waals surface area contributed by atoms with E-state index in [-0.39, 0.29) is 0 Å². The minimum absolute atomic E-state index is 0.488. The smallest absolute Gasteiger partial charge is 0.326 e. The topological polar surface area (TPSA) is 82.8 Å². The van der Waals surface area contributed by atoms with E-state index in [1.165, 1.54) is 0 Å². The lowest BCUT2D eigenvalue weighted by atomic mass is 10.2. The number of rotatable bonds is 11. The normalized spacial score (nSPS) is 12.0. The van der Waals surface area contributed by atoms with Crippen LogP contribution < -0.4 is 14.2 Å². The van der Waals surface area contributed by atoms with Gasteiger partial charge in [0.15, 0.2) is 11.5 Å². The van der Waals surface area contributed by atoms with Gasteiger partial charge in [-0.05, 0) is 55.8 Å². The summed E-state index contributed by atoms with van der Waals surface area (Å²) in [5, 5.41) is 13.3. The van der Waals surface area contributed by atoms with Gasteiger partial charge in [-0.25, -0.2) is 9.78 Å². The standard InChI is InChI=1S/C26H28N2O5S/c1-4-20-16-34-25(27-20)19-6-9-23(24(15-19)31-3)33-13-5-12-32-21-7-8-22-18(14-21)10-11-28(22)17(2)26(29)30/h6-11,14-17H,4-5,12-13H2,1-3H3,(H,29,30). The van der Waals surface area contributed by atoms with E-state index in [2.05, 4.69) is 17.3 Å².